The largest absolute Gasteiger partial charge is 0.381 e. The number of nitrogens with one attached hydrogen (secondary N) is 2. The quantitative estimate of drug-likeness (QED) is 0.814. The Morgan fingerprint density at radius 3 is 2.83 bits per heavy atom. The van der Waals surface area contributed by atoms with Gasteiger partial charge in [-0.1, -0.05) is 0 Å². The van der Waals surface area contributed by atoms with E-state index < -0.39 is 0 Å². The molecule has 2 heterocycles. The van der Waals surface area contributed by atoms with Crippen LogP contribution in [0.1, 0.15) is 12.8 Å². The molecule has 0 spiro atoms. The highest BCUT2D eigenvalue weighted by Crippen LogP contribution is 2.33. The van der Waals surface area contributed by atoms with Gasteiger partial charge in [-0.05, 0) is 19.1 Å². The summed E-state index contributed by atoms with van der Waals surface area (Å²) in [6.07, 6.45) is 4.18. The summed E-state index contributed by atoms with van der Waals surface area (Å²) in [6, 6.07) is -0.00116. The first kappa shape index (κ1) is 16.4. The van der Waals surface area contributed by atoms with Crippen molar-refractivity contribution in [3.05, 3.63) is 0 Å². The fourth-order valence-corrected chi connectivity index (χ4v) is 3.86. The number of rotatable bonds is 4. The van der Waals surface area contributed by atoms with E-state index in [-0.39, 0.29) is 29.1 Å². The predicted molar refractivity (Wildman–Crippen MR) is 80.8 cm³/mol. The summed E-state index contributed by atoms with van der Waals surface area (Å²) < 4.78 is 5.57. The van der Waals surface area contributed by atoms with Crippen LogP contribution < -0.4 is 10.6 Å². The van der Waals surface area contributed by atoms with Gasteiger partial charge < -0.3 is 10.1 Å². The van der Waals surface area contributed by atoms with Gasteiger partial charge in [0.15, 0.2) is 0 Å². The second-order valence-electron chi connectivity index (χ2n) is 4.49. The van der Waals surface area contributed by atoms with Crippen LogP contribution in [0.3, 0.4) is 0 Å². The number of ether oxygens (including phenoxy) is 1. The SMILES string of the molecule is CSC1(CNC(=O)C2CSCN2)CCOCC1.Cl. The van der Waals surface area contributed by atoms with Gasteiger partial charge in [-0.2, -0.15) is 11.8 Å². The molecule has 0 radical (unpaired) electrons. The fourth-order valence-electron chi connectivity index (χ4n) is 2.13. The fraction of sp³-hybridized carbons (Fsp3) is 0.909. The second kappa shape index (κ2) is 7.85. The third-order valence-electron chi connectivity index (χ3n) is 3.45. The molecule has 106 valence electrons. The molecule has 2 N–H and O–H groups in total. The number of carbonyl (C=O) groups is 1. The van der Waals surface area contributed by atoms with E-state index in [0.29, 0.717) is 0 Å². The molecule has 1 atom stereocenters. The maximum absolute atomic E-state index is 11.9. The van der Waals surface area contributed by atoms with Crippen molar-refractivity contribution in [3.8, 4) is 0 Å². The molecule has 0 aromatic heterocycles. The van der Waals surface area contributed by atoms with Crippen LogP contribution in [0.5, 0.6) is 0 Å². The van der Waals surface area contributed by atoms with Crippen LogP contribution in [-0.4, -0.2) is 54.3 Å². The molecule has 4 nitrogen and oxygen atoms in total. The Morgan fingerprint density at radius 2 is 2.28 bits per heavy atom. The van der Waals surface area contributed by atoms with Gasteiger partial charge in [-0.15, -0.1) is 24.2 Å². The van der Waals surface area contributed by atoms with Crippen molar-refractivity contribution < 1.29 is 9.53 Å². The van der Waals surface area contributed by atoms with Crippen LogP contribution in [0.4, 0.5) is 0 Å². The number of thioether (sulfide) groups is 2. The molecule has 0 aliphatic carbocycles. The Labute approximate surface area is 123 Å². The summed E-state index contributed by atoms with van der Waals surface area (Å²) in [7, 11) is 0. The first-order chi connectivity index (χ1) is 8.26. The van der Waals surface area contributed by atoms with Crippen LogP contribution in [0.25, 0.3) is 0 Å². The first-order valence-corrected chi connectivity index (χ1v) is 8.35. The summed E-state index contributed by atoms with van der Waals surface area (Å²) >= 11 is 3.64. The normalized spacial score (nSPS) is 26.4. The smallest absolute Gasteiger partial charge is 0.238 e. The van der Waals surface area contributed by atoms with Gasteiger partial charge in [0.1, 0.15) is 0 Å². The summed E-state index contributed by atoms with van der Waals surface area (Å²) in [6.45, 7) is 2.39. The lowest BCUT2D eigenvalue weighted by Crippen LogP contribution is -2.49. The number of amides is 1. The van der Waals surface area contributed by atoms with E-state index in [1.807, 2.05) is 11.8 Å². The zero-order valence-electron chi connectivity index (χ0n) is 10.6. The molecular weight excluding hydrogens is 292 g/mol. The van der Waals surface area contributed by atoms with E-state index in [9.17, 15) is 4.79 Å². The van der Waals surface area contributed by atoms with Crippen molar-refractivity contribution in [2.45, 2.75) is 23.6 Å². The average molecular weight is 313 g/mol. The minimum absolute atomic E-state index is 0. The van der Waals surface area contributed by atoms with Gasteiger partial charge in [-0.25, -0.2) is 0 Å². The van der Waals surface area contributed by atoms with Crippen LogP contribution in [0, 0.1) is 0 Å². The van der Waals surface area contributed by atoms with Crippen LogP contribution in [0.15, 0.2) is 0 Å². The molecule has 2 aliphatic heterocycles. The summed E-state index contributed by atoms with van der Waals surface area (Å²) in [5.74, 6) is 1.93. The van der Waals surface area contributed by atoms with Crippen molar-refractivity contribution in [1.29, 1.82) is 0 Å². The monoisotopic (exact) mass is 312 g/mol. The average Bonchev–Trinajstić information content (AvgIpc) is 2.91. The number of halogens is 1. The van der Waals surface area contributed by atoms with Gasteiger partial charge in [0, 0.05) is 36.1 Å². The lowest BCUT2D eigenvalue weighted by molar-refractivity contribution is -0.122. The number of hydrogen-bond donors (Lipinski definition) is 2. The minimum Gasteiger partial charge on any atom is -0.381 e. The second-order valence-corrected chi connectivity index (χ2v) is 6.79. The Kier molecular flexibility index (Phi) is 7.16. The molecule has 2 rings (SSSR count). The number of carbonyl (C=O) groups excluding carboxylic acids is 1. The van der Waals surface area contributed by atoms with Crippen LogP contribution in [0.2, 0.25) is 0 Å². The topological polar surface area (TPSA) is 50.4 Å². The highest BCUT2D eigenvalue weighted by atomic mass is 35.5. The van der Waals surface area contributed by atoms with Gasteiger partial charge in [0.05, 0.1) is 6.04 Å². The van der Waals surface area contributed by atoms with Crippen LogP contribution in [-0.2, 0) is 9.53 Å². The Balaban J connectivity index is 0.00000162. The van der Waals surface area contributed by atoms with Crippen molar-refractivity contribution >= 4 is 41.8 Å². The third kappa shape index (κ3) is 4.20. The van der Waals surface area contributed by atoms with E-state index >= 15 is 0 Å². The van der Waals surface area contributed by atoms with Gasteiger partial charge in [0.2, 0.25) is 5.91 Å². The molecule has 2 saturated heterocycles. The van der Waals surface area contributed by atoms with Gasteiger partial charge in [-0.3, -0.25) is 10.1 Å². The van der Waals surface area contributed by atoms with Crippen molar-refractivity contribution in [1.82, 2.24) is 10.6 Å². The maximum Gasteiger partial charge on any atom is 0.238 e. The molecule has 0 aromatic carbocycles. The van der Waals surface area contributed by atoms with E-state index in [4.69, 9.17) is 4.74 Å². The van der Waals surface area contributed by atoms with E-state index in [2.05, 4.69) is 16.9 Å². The van der Waals surface area contributed by atoms with Crippen molar-refractivity contribution in [2.75, 3.05) is 37.6 Å². The van der Waals surface area contributed by atoms with Gasteiger partial charge in [0.25, 0.3) is 0 Å². The standard InChI is InChI=1S/C11H20N2O2S2.ClH/c1-16-11(2-4-15-5-3-11)7-12-10(14)9-6-17-8-13-9;/h9,13H,2-8H2,1H3,(H,12,14);1H. The Morgan fingerprint density at radius 1 is 1.56 bits per heavy atom. The molecule has 7 heteroatoms. The molecule has 2 aliphatic rings. The zero-order chi connectivity index (χ0) is 12.1. The molecule has 0 aromatic rings. The zero-order valence-corrected chi connectivity index (χ0v) is 13.0. The molecule has 2 fully saturated rings. The van der Waals surface area contributed by atoms with Gasteiger partial charge >= 0.3 is 0 Å². The molecule has 1 amide bonds. The van der Waals surface area contributed by atoms with E-state index in [1.54, 1.807) is 11.8 Å². The van der Waals surface area contributed by atoms with E-state index in [1.165, 1.54) is 0 Å². The Hall–Kier alpha value is 0.380. The molecule has 0 saturated carbocycles. The highest BCUT2D eigenvalue weighted by molar-refractivity contribution is 8.00. The minimum atomic E-state index is -0.00116. The molecule has 18 heavy (non-hydrogen) atoms. The first-order valence-electron chi connectivity index (χ1n) is 5.97. The van der Waals surface area contributed by atoms with Crippen molar-refractivity contribution in [2.24, 2.45) is 0 Å². The molecule has 0 bridgehead atoms. The predicted octanol–water partition coefficient (Wildman–Crippen LogP) is 1.10. The Bertz CT molecular complexity index is 270. The summed E-state index contributed by atoms with van der Waals surface area (Å²) in [5, 5.41) is 6.29. The summed E-state index contributed by atoms with van der Waals surface area (Å²) in [5.41, 5.74) is 0. The lowest BCUT2D eigenvalue weighted by Gasteiger charge is -2.35. The molecular formula is C11H21ClN2O2S2. The highest BCUT2D eigenvalue weighted by Gasteiger charge is 2.33. The third-order valence-corrected chi connectivity index (χ3v) is 5.81. The summed E-state index contributed by atoms with van der Waals surface area (Å²) in [4.78, 5) is 11.9. The van der Waals surface area contributed by atoms with Crippen molar-refractivity contribution in [3.63, 3.8) is 0 Å². The maximum atomic E-state index is 11.9. The number of hydrogen-bond acceptors (Lipinski definition) is 5. The molecule has 1 unspecified atom stereocenters. The van der Waals surface area contributed by atoms with Crippen LogP contribution >= 0.6 is 35.9 Å². The lowest BCUT2D eigenvalue weighted by atomic mass is 9.99. The van der Waals surface area contributed by atoms with E-state index in [0.717, 1.165) is 44.2 Å².